The maximum atomic E-state index is 10.1. The second-order valence-electron chi connectivity index (χ2n) is 8.32. The van der Waals surface area contributed by atoms with Gasteiger partial charge in [0.2, 0.25) is 0 Å². The molecule has 4 nitrogen and oxygen atoms in total. The van der Waals surface area contributed by atoms with Crippen LogP contribution >= 0.6 is 0 Å². The van der Waals surface area contributed by atoms with Crippen molar-refractivity contribution in [1.82, 2.24) is 9.55 Å². The fraction of sp³-hybridized carbons (Fsp3) is 0. The van der Waals surface area contributed by atoms with Gasteiger partial charge < -0.3 is 4.57 Å². The zero-order valence-corrected chi connectivity index (χ0v) is 18.7. The van der Waals surface area contributed by atoms with Crippen molar-refractivity contribution < 1.29 is 0 Å². The molecule has 2 aromatic heterocycles. The van der Waals surface area contributed by atoms with E-state index in [0.717, 1.165) is 49.7 Å². The second kappa shape index (κ2) is 8.30. The van der Waals surface area contributed by atoms with Gasteiger partial charge in [-0.1, -0.05) is 48.5 Å². The van der Waals surface area contributed by atoms with Crippen LogP contribution in [0.1, 0.15) is 11.1 Å². The van der Waals surface area contributed by atoms with E-state index < -0.39 is 0 Å². The fourth-order valence-electron chi connectivity index (χ4n) is 4.79. The predicted octanol–water partition coefficient (Wildman–Crippen LogP) is 7.26. The topological polar surface area (TPSA) is 65.4 Å². The summed E-state index contributed by atoms with van der Waals surface area (Å²) < 4.78 is 2.24. The van der Waals surface area contributed by atoms with Crippen LogP contribution in [-0.2, 0) is 0 Å². The average Bonchev–Trinajstić information content (AvgIpc) is 3.26. The summed E-state index contributed by atoms with van der Waals surface area (Å²) in [7, 11) is 0. The van der Waals surface area contributed by atoms with Crippen LogP contribution in [0.4, 0.5) is 0 Å². The number of nitriles is 2. The summed E-state index contributed by atoms with van der Waals surface area (Å²) in [5.41, 5.74) is 8.03. The zero-order valence-electron chi connectivity index (χ0n) is 18.7. The molecule has 0 bridgehead atoms. The predicted molar refractivity (Wildman–Crippen MR) is 139 cm³/mol. The van der Waals surface area contributed by atoms with Crippen molar-refractivity contribution in [2.45, 2.75) is 0 Å². The van der Waals surface area contributed by atoms with Gasteiger partial charge in [0.05, 0.1) is 40.0 Å². The van der Waals surface area contributed by atoms with E-state index in [2.05, 4.69) is 52.0 Å². The molecule has 0 aliphatic rings. The minimum Gasteiger partial charge on any atom is -0.309 e. The molecule has 0 N–H and O–H groups in total. The Morgan fingerprint density at radius 2 is 1.31 bits per heavy atom. The molecule has 35 heavy (non-hydrogen) atoms. The first-order chi connectivity index (χ1) is 17.3. The summed E-state index contributed by atoms with van der Waals surface area (Å²) >= 11 is 0. The first-order valence-electron chi connectivity index (χ1n) is 11.3. The SMILES string of the molecule is N#Cc1ccc2c(c1)c1ccccc1n2-c1cc(-c2ccncc2)c(C#N)cc1-c1ccccc1. The van der Waals surface area contributed by atoms with E-state index in [1.54, 1.807) is 12.4 Å². The molecule has 0 unspecified atom stereocenters. The van der Waals surface area contributed by atoms with Crippen LogP contribution in [0.2, 0.25) is 0 Å². The van der Waals surface area contributed by atoms with Crippen LogP contribution in [0.25, 0.3) is 49.7 Å². The maximum Gasteiger partial charge on any atom is 0.0998 e. The molecule has 162 valence electrons. The fourth-order valence-corrected chi connectivity index (χ4v) is 4.79. The highest BCUT2D eigenvalue weighted by molar-refractivity contribution is 6.10. The Labute approximate surface area is 202 Å². The third-order valence-corrected chi connectivity index (χ3v) is 6.38. The number of hydrogen-bond acceptors (Lipinski definition) is 3. The van der Waals surface area contributed by atoms with Gasteiger partial charge in [0.15, 0.2) is 0 Å². The summed E-state index contributed by atoms with van der Waals surface area (Å²) in [6.07, 6.45) is 3.48. The third kappa shape index (κ3) is 3.33. The van der Waals surface area contributed by atoms with Gasteiger partial charge in [-0.25, -0.2) is 0 Å². The van der Waals surface area contributed by atoms with Crippen molar-refractivity contribution in [3.8, 4) is 40.1 Å². The first kappa shape index (κ1) is 20.4. The minimum absolute atomic E-state index is 0.603. The van der Waals surface area contributed by atoms with E-state index in [1.807, 2.05) is 66.7 Å². The van der Waals surface area contributed by atoms with Crippen LogP contribution in [0.3, 0.4) is 0 Å². The molecular formula is C31H18N4. The monoisotopic (exact) mass is 446 g/mol. The summed E-state index contributed by atoms with van der Waals surface area (Å²) in [5, 5.41) is 21.7. The van der Waals surface area contributed by atoms with Gasteiger partial charge in [0, 0.05) is 34.3 Å². The highest BCUT2D eigenvalue weighted by Crippen LogP contribution is 2.39. The molecule has 6 aromatic rings. The molecule has 0 aliphatic heterocycles. The van der Waals surface area contributed by atoms with Crippen LogP contribution < -0.4 is 0 Å². The summed E-state index contributed by atoms with van der Waals surface area (Å²) in [6, 6.07) is 36.8. The molecule has 0 saturated heterocycles. The molecule has 0 spiro atoms. The normalized spacial score (nSPS) is 10.8. The summed E-state index contributed by atoms with van der Waals surface area (Å²) in [5.74, 6) is 0. The van der Waals surface area contributed by atoms with E-state index in [4.69, 9.17) is 0 Å². The van der Waals surface area contributed by atoms with Crippen LogP contribution in [0.5, 0.6) is 0 Å². The van der Waals surface area contributed by atoms with E-state index in [9.17, 15) is 10.5 Å². The van der Waals surface area contributed by atoms with Gasteiger partial charge in [-0.05, 0) is 59.7 Å². The van der Waals surface area contributed by atoms with Crippen molar-refractivity contribution >= 4 is 21.8 Å². The first-order valence-corrected chi connectivity index (χ1v) is 11.3. The van der Waals surface area contributed by atoms with Gasteiger partial charge in [0.25, 0.3) is 0 Å². The third-order valence-electron chi connectivity index (χ3n) is 6.38. The molecule has 0 radical (unpaired) electrons. The smallest absolute Gasteiger partial charge is 0.0998 e. The molecule has 0 saturated carbocycles. The van der Waals surface area contributed by atoms with Crippen molar-refractivity contribution in [1.29, 1.82) is 10.5 Å². The number of nitrogens with zero attached hydrogens (tertiary/aromatic N) is 4. The molecule has 0 aliphatic carbocycles. The lowest BCUT2D eigenvalue weighted by Crippen LogP contribution is -2.00. The van der Waals surface area contributed by atoms with Crippen LogP contribution in [-0.4, -0.2) is 9.55 Å². The van der Waals surface area contributed by atoms with Gasteiger partial charge in [-0.15, -0.1) is 0 Å². The molecule has 4 heteroatoms. The molecule has 6 rings (SSSR count). The van der Waals surface area contributed by atoms with Gasteiger partial charge >= 0.3 is 0 Å². The van der Waals surface area contributed by atoms with E-state index >= 15 is 0 Å². The van der Waals surface area contributed by atoms with E-state index in [0.29, 0.717) is 11.1 Å². The molecule has 0 fully saturated rings. The number of rotatable bonds is 3. The van der Waals surface area contributed by atoms with E-state index in [1.165, 1.54) is 0 Å². The second-order valence-corrected chi connectivity index (χ2v) is 8.32. The Morgan fingerprint density at radius 3 is 2.09 bits per heavy atom. The lowest BCUT2D eigenvalue weighted by atomic mass is 9.94. The Balaban J connectivity index is 1.78. The number of hydrogen-bond donors (Lipinski definition) is 0. The minimum atomic E-state index is 0.603. The molecule has 0 amide bonds. The van der Waals surface area contributed by atoms with Crippen molar-refractivity contribution in [2.75, 3.05) is 0 Å². The lowest BCUT2D eigenvalue weighted by Gasteiger charge is -2.17. The van der Waals surface area contributed by atoms with Crippen molar-refractivity contribution in [3.05, 3.63) is 121 Å². The Kier molecular flexibility index (Phi) is 4.84. The quantitative estimate of drug-likeness (QED) is 0.287. The summed E-state index contributed by atoms with van der Waals surface area (Å²) in [6.45, 7) is 0. The largest absolute Gasteiger partial charge is 0.309 e. The van der Waals surface area contributed by atoms with Crippen LogP contribution in [0, 0.1) is 22.7 Å². The average molecular weight is 447 g/mol. The van der Waals surface area contributed by atoms with Crippen molar-refractivity contribution in [2.24, 2.45) is 0 Å². The number of benzene rings is 4. The highest BCUT2D eigenvalue weighted by Gasteiger charge is 2.19. The van der Waals surface area contributed by atoms with E-state index in [-0.39, 0.29) is 0 Å². The molecule has 4 aromatic carbocycles. The van der Waals surface area contributed by atoms with Gasteiger partial charge in [-0.3, -0.25) is 4.98 Å². The van der Waals surface area contributed by atoms with Gasteiger partial charge in [-0.2, -0.15) is 10.5 Å². The summed E-state index contributed by atoms with van der Waals surface area (Å²) in [4.78, 5) is 4.15. The Hall–Kier alpha value is -5.19. The molecular weight excluding hydrogens is 428 g/mol. The Bertz CT molecular complexity index is 1800. The van der Waals surface area contributed by atoms with Gasteiger partial charge in [0.1, 0.15) is 0 Å². The lowest BCUT2D eigenvalue weighted by molar-refractivity contribution is 1.18. The van der Waals surface area contributed by atoms with Crippen molar-refractivity contribution in [3.63, 3.8) is 0 Å². The van der Waals surface area contributed by atoms with Crippen LogP contribution in [0.15, 0.2) is 109 Å². The number of pyridine rings is 1. The zero-order chi connectivity index (χ0) is 23.8. The maximum absolute atomic E-state index is 10.1. The highest BCUT2D eigenvalue weighted by atomic mass is 15.0. The Morgan fingerprint density at radius 1 is 0.600 bits per heavy atom. The number of aromatic nitrogens is 2. The molecule has 0 atom stereocenters. The number of fused-ring (bicyclic) bond motifs is 3. The standard InChI is InChI=1S/C31H18N4/c32-19-21-10-11-30-28(16-21)25-8-4-5-9-29(25)35(30)31-18-26(23-12-14-34-15-13-23)24(20-33)17-27(31)22-6-2-1-3-7-22/h1-18H. The number of para-hydroxylation sites is 1. The molecule has 2 heterocycles.